The Balaban J connectivity index is 4.87. The quantitative estimate of drug-likeness (QED) is 0.348. The van der Waals surface area contributed by atoms with Gasteiger partial charge in [0.25, 0.3) is 0 Å². The van der Waals surface area contributed by atoms with Crippen molar-refractivity contribution in [3.05, 3.63) is 24.3 Å². The predicted molar refractivity (Wildman–Crippen MR) is 80.6 cm³/mol. The molecule has 0 aliphatic rings. The third-order valence-electron chi connectivity index (χ3n) is 2.36. The summed E-state index contributed by atoms with van der Waals surface area (Å²) in [5.41, 5.74) is 0.564. The van der Waals surface area contributed by atoms with E-state index in [0.29, 0.717) is 13.2 Å². The van der Waals surface area contributed by atoms with Crippen molar-refractivity contribution in [2.24, 2.45) is 0 Å². The molecular weight excluding hydrogens is 292 g/mol. The molecule has 0 aromatic rings. The Morgan fingerprint density at radius 2 is 1.19 bits per heavy atom. The van der Waals surface area contributed by atoms with Crippen molar-refractivity contribution in [2.75, 3.05) is 25.7 Å². The van der Waals surface area contributed by atoms with E-state index in [2.05, 4.69) is 13.2 Å². The molecule has 0 saturated heterocycles. The van der Waals surface area contributed by atoms with Crippen LogP contribution in [0.15, 0.2) is 24.3 Å². The van der Waals surface area contributed by atoms with Gasteiger partial charge in [0.05, 0.1) is 0 Å². The van der Waals surface area contributed by atoms with Gasteiger partial charge in [-0.05, 0) is 27.7 Å². The summed E-state index contributed by atoms with van der Waals surface area (Å²) in [5, 5.41) is 0. The van der Waals surface area contributed by atoms with Crippen molar-refractivity contribution in [2.45, 2.75) is 27.7 Å². The van der Waals surface area contributed by atoms with Crippen molar-refractivity contribution in [3.8, 4) is 0 Å². The first-order valence-corrected chi connectivity index (χ1v) is 8.94. The molecular formula is C14H24O6Si. The third kappa shape index (κ3) is 7.21. The summed E-state index contributed by atoms with van der Waals surface area (Å²) >= 11 is 0. The number of esters is 2. The number of hydrogen-bond donors (Lipinski definition) is 0. The zero-order valence-electron chi connectivity index (χ0n) is 13.2. The molecule has 0 aromatic carbocycles. The van der Waals surface area contributed by atoms with E-state index in [0.717, 1.165) is 0 Å². The summed E-state index contributed by atoms with van der Waals surface area (Å²) in [4.78, 5) is 23.0. The van der Waals surface area contributed by atoms with Gasteiger partial charge in [-0.2, -0.15) is 0 Å². The van der Waals surface area contributed by atoms with Crippen molar-refractivity contribution >= 4 is 20.5 Å². The van der Waals surface area contributed by atoms with E-state index in [1.54, 1.807) is 27.7 Å². The van der Waals surface area contributed by atoms with Crippen LogP contribution in [0.3, 0.4) is 0 Å². The summed E-state index contributed by atoms with van der Waals surface area (Å²) < 4.78 is 21.5. The fraction of sp³-hybridized carbons (Fsp3) is 0.571. The molecule has 0 radical (unpaired) electrons. The Hall–Kier alpha value is -1.44. The Bertz CT molecular complexity index is 366. The molecule has 0 rings (SSSR count). The lowest BCUT2D eigenvalue weighted by atomic mass is 10.4. The molecule has 6 nitrogen and oxygen atoms in total. The van der Waals surface area contributed by atoms with Crippen LogP contribution in [0.4, 0.5) is 0 Å². The standard InChI is InChI=1S/C14H24O6Si/c1-7-19-21(20-8-2,9-17-13(15)11(3)4)10-18-14(16)12(5)6/h3,5,7-10H2,1-2,4,6H3. The van der Waals surface area contributed by atoms with Gasteiger partial charge >= 0.3 is 20.5 Å². The van der Waals surface area contributed by atoms with Crippen molar-refractivity contribution < 1.29 is 27.9 Å². The normalized spacial score (nSPS) is 10.9. The first-order chi connectivity index (χ1) is 9.78. The Labute approximate surface area is 127 Å². The third-order valence-corrected chi connectivity index (χ3v) is 5.16. The first-order valence-electron chi connectivity index (χ1n) is 6.71. The number of ether oxygens (including phenoxy) is 2. The van der Waals surface area contributed by atoms with E-state index in [-0.39, 0.29) is 23.6 Å². The van der Waals surface area contributed by atoms with Gasteiger partial charge in [0, 0.05) is 24.4 Å². The van der Waals surface area contributed by atoms with Crippen molar-refractivity contribution in [3.63, 3.8) is 0 Å². The molecule has 0 spiro atoms. The SMILES string of the molecule is C=C(C)C(=O)OC[Si](COC(=O)C(=C)C)(OCC)OCC. The fourth-order valence-electron chi connectivity index (χ4n) is 1.37. The maximum atomic E-state index is 11.5. The molecule has 120 valence electrons. The topological polar surface area (TPSA) is 71.1 Å². The van der Waals surface area contributed by atoms with Crippen LogP contribution in [-0.4, -0.2) is 46.2 Å². The van der Waals surface area contributed by atoms with Crippen LogP contribution in [0.1, 0.15) is 27.7 Å². The molecule has 0 unspecified atom stereocenters. The Kier molecular flexibility index (Phi) is 8.83. The summed E-state index contributed by atoms with van der Waals surface area (Å²) in [6, 6.07) is 0. The zero-order chi connectivity index (χ0) is 16.5. The molecule has 0 amide bonds. The van der Waals surface area contributed by atoms with E-state index in [1.807, 2.05) is 0 Å². The number of rotatable bonds is 10. The van der Waals surface area contributed by atoms with Crippen LogP contribution in [0.5, 0.6) is 0 Å². The van der Waals surface area contributed by atoms with E-state index in [1.165, 1.54) is 0 Å². The summed E-state index contributed by atoms with van der Waals surface area (Å²) in [6.07, 6.45) is -0.131. The highest BCUT2D eigenvalue weighted by molar-refractivity contribution is 6.67. The van der Waals surface area contributed by atoms with Gasteiger partial charge in [-0.3, -0.25) is 0 Å². The second-order valence-electron chi connectivity index (χ2n) is 4.49. The highest BCUT2D eigenvalue weighted by Gasteiger charge is 2.41. The van der Waals surface area contributed by atoms with Crippen LogP contribution in [0.25, 0.3) is 0 Å². The van der Waals surface area contributed by atoms with Crippen LogP contribution in [-0.2, 0) is 27.9 Å². The van der Waals surface area contributed by atoms with Gasteiger partial charge in [0.15, 0.2) is 0 Å². The van der Waals surface area contributed by atoms with Crippen LogP contribution in [0, 0.1) is 0 Å². The van der Waals surface area contributed by atoms with Crippen LogP contribution >= 0.6 is 0 Å². The molecule has 21 heavy (non-hydrogen) atoms. The largest absolute Gasteiger partial charge is 0.460 e. The molecule has 0 fully saturated rings. The molecule has 0 N–H and O–H groups in total. The van der Waals surface area contributed by atoms with Crippen molar-refractivity contribution in [1.29, 1.82) is 0 Å². The van der Waals surface area contributed by atoms with Gasteiger partial charge in [-0.15, -0.1) is 0 Å². The predicted octanol–water partition coefficient (Wildman–Crippen LogP) is 1.82. The second kappa shape index (κ2) is 9.49. The highest BCUT2D eigenvalue weighted by atomic mass is 28.4. The lowest BCUT2D eigenvalue weighted by molar-refractivity contribution is -0.139. The van der Waals surface area contributed by atoms with Gasteiger partial charge in [-0.1, -0.05) is 13.2 Å². The monoisotopic (exact) mass is 316 g/mol. The maximum Gasteiger partial charge on any atom is 0.416 e. The van der Waals surface area contributed by atoms with E-state index in [4.69, 9.17) is 18.3 Å². The zero-order valence-corrected chi connectivity index (χ0v) is 14.2. The van der Waals surface area contributed by atoms with E-state index < -0.39 is 20.5 Å². The fourth-order valence-corrected chi connectivity index (χ4v) is 3.63. The van der Waals surface area contributed by atoms with E-state index in [9.17, 15) is 9.59 Å². The molecule has 0 bridgehead atoms. The highest BCUT2D eigenvalue weighted by Crippen LogP contribution is 2.12. The molecule has 0 saturated carbocycles. The smallest absolute Gasteiger partial charge is 0.416 e. The van der Waals surface area contributed by atoms with Crippen LogP contribution in [0.2, 0.25) is 0 Å². The minimum Gasteiger partial charge on any atom is -0.460 e. The number of hydrogen-bond acceptors (Lipinski definition) is 6. The number of carbonyl (C=O) groups is 2. The van der Waals surface area contributed by atoms with Gasteiger partial charge in [0.2, 0.25) is 0 Å². The van der Waals surface area contributed by atoms with Gasteiger partial charge < -0.3 is 18.3 Å². The minimum atomic E-state index is -2.98. The van der Waals surface area contributed by atoms with Crippen molar-refractivity contribution in [1.82, 2.24) is 0 Å². The average molecular weight is 316 g/mol. The van der Waals surface area contributed by atoms with Gasteiger partial charge in [-0.25, -0.2) is 9.59 Å². The molecule has 0 atom stereocenters. The van der Waals surface area contributed by atoms with Crippen LogP contribution < -0.4 is 0 Å². The minimum absolute atomic E-state index is 0.0656. The van der Waals surface area contributed by atoms with E-state index >= 15 is 0 Å². The molecule has 0 aliphatic heterocycles. The average Bonchev–Trinajstić information content (AvgIpc) is 2.42. The lowest BCUT2D eigenvalue weighted by Gasteiger charge is -2.28. The lowest BCUT2D eigenvalue weighted by Crippen LogP contribution is -2.53. The first kappa shape index (κ1) is 19.6. The molecule has 0 heterocycles. The molecule has 0 aromatic heterocycles. The summed E-state index contributed by atoms with van der Waals surface area (Å²) in [7, 11) is -2.98. The maximum absolute atomic E-state index is 11.5. The summed E-state index contributed by atoms with van der Waals surface area (Å²) in [6.45, 7) is 14.4. The second-order valence-corrected chi connectivity index (χ2v) is 7.47. The Morgan fingerprint density at radius 1 is 0.857 bits per heavy atom. The number of carbonyl (C=O) groups excluding carboxylic acids is 2. The molecule has 0 aliphatic carbocycles. The van der Waals surface area contributed by atoms with Gasteiger partial charge in [0.1, 0.15) is 12.5 Å². The summed E-state index contributed by atoms with van der Waals surface area (Å²) in [5.74, 6) is -1.06. The molecule has 7 heteroatoms. The Morgan fingerprint density at radius 3 is 1.43 bits per heavy atom.